The lowest BCUT2D eigenvalue weighted by atomic mass is 10.1. The van der Waals surface area contributed by atoms with Gasteiger partial charge in [-0.25, -0.2) is 9.67 Å². The fraction of sp³-hybridized carbons (Fsp3) is 0.375. The van der Waals surface area contributed by atoms with Crippen molar-refractivity contribution in [3.63, 3.8) is 0 Å². The fourth-order valence-electron chi connectivity index (χ4n) is 2.78. The number of aromatic nitrogens is 5. The maximum atomic E-state index is 11.3. The van der Waals surface area contributed by atoms with Gasteiger partial charge in [-0.05, 0) is 30.4 Å². The van der Waals surface area contributed by atoms with Crippen LogP contribution in [0.15, 0.2) is 24.7 Å². The van der Waals surface area contributed by atoms with E-state index in [4.69, 9.17) is 0 Å². The molecule has 0 radical (unpaired) electrons. The first-order chi connectivity index (χ1) is 11.1. The molecule has 3 aromatic heterocycles. The Morgan fingerprint density at radius 1 is 1.35 bits per heavy atom. The average Bonchev–Trinajstić information content (AvgIpc) is 3.14. The van der Waals surface area contributed by atoms with E-state index >= 15 is 0 Å². The molecule has 1 fully saturated rings. The van der Waals surface area contributed by atoms with Gasteiger partial charge in [0.25, 0.3) is 0 Å². The minimum atomic E-state index is -0.108. The Hall–Kier alpha value is -2.54. The maximum Gasteiger partial charge on any atom is 0.181 e. The Bertz CT molecular complexity index is 891. The number of fused-ring (bicyclic) bond motifs is 1. The van der Waals surface area contributed by atoms with Crippen molar-refractivity contribution < 1.29 is 9.90 Å². The number of Topliss-reactive ketones (excluding diaryl/α,β-unsaturated/α-hetero) is 1. The highest BCUT2D eigenvalue weighted by Gasteiger charge is 2.25. The minimum Gasteiger partial charge on any atom is -0.392 e. The summed E-state index contributed by atoms with van der Waals surface area (Å²) >= 11 is 0. The monoisotopic (exact) mass is 311 g/mol. The van der Waals surface area contributed by atoms with E-state index in [2.05, 4.69) is 21.5 Å². The SMILES string of the molecule is CC(=O)c1cn(Cc2cn3cc(C4CC4)cc(CO)c3n2)nn1. The van der Waals surface area contributed by atoms with Crippen LogP contribution in [0.25, 0.3) is 5.65 Å². The molecule has 23 heavy (non-hydrogen) atoms. The number of rotatable bonds is 5. The van der Waals surface area contributed by atoms with Gasteiger partial charge in [0.1, 0.15) is 11.3 Å². The van der Waals surface area contributed by atoms with Gasteiger partial charge >= 0.3 is 0 Å². The standard InChI is InChI=1S/C16H17N5O2/c1-10(23)15-8-21(19-18-15)7-14-6-20-5-12(11-2-3-11)4-13(9-22)16(20)17-14/h4-6,8,11,22H,2-3,7,9H2,1H3. The summed E-state index contributed by atoms with van der Waals surface area (Å²) in [5.74, 6) is 0.506. The van der Waals surface area contributed by atoms with Crippen molar-refractivity contribution in [1.82, 2.24) is 24.4 Å². The van der Waals surface area contributed by atoms with Crippen LogP contribution in [0.3, 0.4) is 0 Å². The first kappa shape index (κ1) is 14.1. The maximum absolute atomic E-state index is 11.3. The Balaban J connectivity index is 1.68. The van der Waals surface area contributed by atoms with E-state index < -0.39 is 0 Å². The summed E-state index contributed by atoms with van der Waals surface area (Å²) in [7, 11) is 0. The van der Waals surface area contributed by atoms with Crippen LogP contribution >= 0.6 is 0 Å². The molecule has 4 rings (SSSR count). The predicted molar refractivity (Wildman–Crippen MR) is 82.2 cm³/mol. The number of imidazole rings is 1. The molecule has 0 atom stereocenters. The first-order valence-electron chi connectivity index (χ1n) is 7.66. The number of carbonyl (C=O) groups is 1. The highest BCUT2D eigenvalue weighted by Crippen LogP contribution is 2.40. The average molecular weight is 311 g/mol. The summed E-state index contributed by atoms with van der Waals surface area (Å²) in [6, 6.07) is 2.05. The van der Waals surface area contributed by atoms with Crippen LogP contribution in [0, 0.1) is 0 Å². The van der Waals surface area contributed by atoms with Crippen molar-refractivity contribution in [1.29, 1.82) is 0 Å². The van der Waals surface area contributed by atoms with E-state index in [1.807, 2.05) is 16.7 Å². The number of ketones is 1. The van der Waals surface area contributed by atoms with Crippen molar-refractivity contribution in [2.45, 2.75) is 38.8 Å². The smallest absolute Gasteiger partial charge is 0.181 e. The minimum absolute atomic E-state index is 0.0294. The summed E-state index contributed by atoms with van der Waals surface area (Å²) < 4.78 is 3.57. The Labute approximate surface area is 132 Å². The molecule has 1 aliphatic carbocycles. The molecule has 3 aromatic rings. The molecule has 0 bridgehead atoms. The summed E-state index contributed by atoms with van der Waals surface area (Å²) in [4.78, 5) is 15.9. The molecule has 118 valence electrons. The van der Waals surface area contributed by atoms with Crippen molar-refractivity contribution in [2.24, 2.45) is 0 Å². The quantitative estimate of drug-likeness (QED) is 0.723. The second-order valence-corrected chi connectivity index (χ2v) is 6.05. The number of hydrogen-bond donors (Lipinski definition) is 1. The van der Waals surface area contributed by atoms with Gasteiger partial charge in [-0.15, -0.1) is 5.10 Å². The molecule has 1 aliphatic rings. The number of nitrogens with zero attached hydrogens (tertiary/aromatic N) is 5. The summed E-state index contributed by atoms with van der Waals surface area (Å²) in [6.45, 7) is 1.87. The fourth-order valence-corrected chi connectivity index (χ4v) is 2.78. The van der Waals surface area contributed by atoms with E-state index in [1.54, 1.807) is 10.9 Å². The molecule has 1 N–H and O–H groups in total. The van der Waals surface area contributed by atoms with Crippen molar-refractivity contribution in [2.75, 3.05) is 0 Å². The number of carbonyl (C=O) groups excluding carboxylic acids is 1. The van der Waals surface area contributed by atoms with E-state index in [0.29, 0.717) is 18.2 Å². The van der Waals surface area contributed by atoms with E-state index in [-0.39, 0.29) is 12.4 Å². The van der Waals surface area contributed by atoms with Gasteiger partial charge in [-0.3, -0.25) is 4.79 Å². The van der Waals surface area contributed by atoms with Crippen molar-refractivity contribution >= 4 is 11.4 Å². The Kier molecular flexibility index (Phi) is 3.23. The van der Waals surface area contributed by atoms with Crippen LogP contribution in [-0.2, 0) is 13.2 Å². The van der Waals surface area contributed by atoms with Crippen LogP contribution < -0.4 is 0 Å². The second-order valence-electron chi connectivity index (χ2n) is 6.05. The third-order valence-corrected chi connectivity index (χ3v) is 4.14. The zero-order valence-electron chi connectivity index (χ0n) is 12.8. The molecule has 0 aliphatic heterocycles. The molecule has 0 amide bonds. The van der Waals surface area contributed by atoms with E-state index in [1.165, 1.54) is 25.3 Å². The lowest BCUT2D eigenvalue weighted by Crippen LogP contribution is -2.00. The van der Waals surface area contributed by atoms with Gasteiger partial charge in [-0.1, -0.05) is 5.21 Å². The van der Waals surface area contributed by atoms with Crippen LogP contribution in [0.4, 0.5) is 0 Å². The molecule has 0 spiro atoms. The van der Waals surface area contributed by atoms with Gasteiger partial charge in [-0.2, -0.15) is 0 Å². The highest BCUT2D eigenvalue weighted by molar-refractivity contribution is 5.91. The normalized spacial score (nSPS) is 14.5. The second kappa shape index (κ2) is 5.27. The zero-order valence-corrected chi connectivity index (χ0v) is 12.8. The Morgan fingerprint density at radius 3 is 2.83 bits per heavy atom. The van der Waals surface area contributed by atoms with Gasteiger partial charge in [0, 0.05) is 24.9 Å². The predicted octanol–water partition coefficient (Wildman–Crippen LogP) is 1.55. The summed E-state index contributed by atoms with van der Waals surface area (Å²) in [6.07, 6.45) is 8.07. The van der Waals surface area contributed by atoms with E-state index in [9.17, 15) is 9.90 Å². The van der Waals surface area contributed by atoms with Gasteiger partial charge in [0.05, 0.1) is 25.0 Å². The van der Waals surface area contributed by atoms with Gasteiger partial charge in [0.15, 0.2) is 5.78 Å². The zero-order chi connectivity index (χ0) is 16.0. The molecule has 0 saturated heterocycles. The van der Waals surface area contributed by atoms with Gasteiger partial charge < -0.3 is 9.51 Å². The molecule has 7 heteroatoms. The van der Waals surface area contributed by atoms with E-state index in [0.717, 1.165) is 16.9 Å². The lowest BCUT2D eigenvalue weighted by Gasteiger charge is -2.04. The Morgan fingerprint density at radius 2 is 2.17 bits per heavy atom. The third kappa shape index (κ3) is 2.63. The summed E-state index contributed by atoms with van der Waals surface area (Å²) in [5, 5.41) is 17.4. The van der Waals surface area contributed by atoms with Crippen molar-refractivity contribution in [3.05, 3.63) is 47.2 Å². The molecule has 0 aromatic carbocycles. The first-order valence-corrected chi connectivity index (χ1v) is 7.66. The summed E-state index contributed by atoms with van der Waals surface area (Å²) in [5.41, 5.74) is 4.01. The lowest BCUT2D eigenvalue weighted by molar-refractivity contribution is 0.101. The highest BCUT2D eigenvalue weighted by atomic mass is 16.3. The molecular formula is C16H17N5O2. The van der Waals surface area contributed by atoms with Gasteiger partial charge in [0.2, 0.25) is 0 Å². The third-order valence-electron chi connectivity index (χ3n) is 4.14. The van der Waals surface area contributed by atoms with Crippen LogP contribution in [0.1, 0.15) is 53.0 Å². The molecular weight excluding hydrogens is 294 g/mol. The van der Waals surface area contributed by atoms with Crippen molar-refractivity contribution in [3.8, 4) is 0 Å². The number of hydrogen-bond acceptors (Lipinski definition) is 5. The van der Waals surface area contributed by atoms with Crippen LogP contribution in [0.5, 0.6) is 0 Å². The molecule has 1 saturated carbocycles. The van der Waals surface area contributed by atoms with Crippen LogP contribution in [0.2, 0.25) is 0 Å². The molecule has 0 unspecified atom stereocenters. The largest absolute Gasteiger partial charge is 0.392 e. The molecule has 7 nitrogen and oxygen atoms in total. The number of pyridine rings is 1. The topological polar surface area (TPSA) is 85.3 Å². The van der Waals surface area contributed by atoms with Crippen LogP contribution in [-0.4, -0.2) is 35.3 Å². The molecule has 3 heterocycles. The number of aliphatic hydroxyl groups is 1. The number of aliphatic hydroxyl groups excluding tert-OH is 1.